The van der Waals surface area contributed by atoms with E-state index in [0.29, 0.717) is 23.4 Å². The minimum atomic E-state index is -0.484. The van der Waals surface area contributed by atoms with E-state index in [1.165, 1.54) is 11.3 Å². The van der Waals surface area contributed by atoms with Gasteiger partial charge in [0.05, 0.1) is 6.04 Å². The first-order valence-corrected chi connectivity index (χ1v) is 7.09. The van der Waals surface area contributed by atoms with Crippen LogP contribution in [-0.2, 0) is 11.2 Å². The summed E-state index contributed by atoms with van der Waals surface area (Å²) < 4.78 is 0. The van der Waals surface area contributed by atoms with Crippen molar-refractivity contribution in [3.05, 3.63) is 5.01 Å². The summed E-state index contributed by atoms with van der Waals surface area (Å²) in [6.45, 7) is 8.33. The van der Waals surface area contributed by atoms with Crippen molar-refractivity contribution in [3.63, 3.8) is 0 Å². The second-order valence-corrected chi connectivity index (χ2v) is 6.39. The molecule has 1 rings (SSSR count). The molecule has 0 aliphatic carbocycles. The molecule has 1 aromatic rings. The van der Waals surface area contributed by atoms with Crippen molar-refractivity contribution in [2.75, 3.05) is 5.32 Å². The number of anilines is 1. The fraction of sp³-hybridized carbons (Fsp3) is 0.750. The van der Waals surface area contributed by atoms with Crippen LogP contribution in [-0.4, -0.2) is 22.1 Å². The van der Waals surface area contributed by atoms with E-state index in [4.69, 9.17) is 5.73 Å². The van der Waals surface area contributed by atoms with E-state index in [-0.39, 0.29) is 18.3 Å². The Kier molecular flexibility index (Phi) is 8.13. The third-order valence-electron chi connectivity index (χ3n) is 2.34. The average Bonchev–Trinajstić information content (AvgIpc) is 2.63. The van der Waals surface area contributed by atoms with Crippen molar-refractivity contribution in [2.45, 2.75) is 46.6 Å². The highest BCUT2D eigenvalue weighted by molar-refractivity contribution is 7.15. The highest BCUT2D eigenvalue weighted by Crippen LogP contribution is 2.18. The van der Waals surface area contributed by atoms with Crippen molar-refractivity contribution in [2.24, 2.45) is 17.6 Å². The first-order chi connectivity index (χ1) is 8.38. The zero-order chi connectivity index (χ0) is 13.7. The molecule has 1 heterocycles. The van der Waals surface area contributed by atoms with Gasteiger partial charge < -0.3 is 5.73 Å². The molecule has 0 unspecified atom stereocenters. The fourth-order valence-corrected chi connectivity index (χ4v) is 2.50. The van der Waals surface area contributed by atoms with Gasteiger partial charge in [-0.2, -0.15) is 0 Å². The molecule has 0 aliphatic heterocycles. The Hall–Kier alpha value is -0.720. The molecular weight excluding hydrogens is 284 g/mol. The van der Waals surface area contributed by atoms with Crippen LogP contribution in [0.4, 0.5) is 5.13 Å². The van der Waals surface area contributed by atoms with E-state index in [9.17, 15) is 4.79 Å². The summed E-state index contributed by atoms with van der Waals surface area (Å²) in [6, 6.07) is -0.484. The third-order valence-corrected chi connectivity index (χ3v) is 3.20. The zero-order valence-electron chi connectivity index (χ0n) is 11.8. The van der Waals surface area contributed by atoms with E-state index in [0.717, 1.165) is 11.4 Å². The summed E-state index contributed by atoms with van der Waals surface area (Å²) in [4.78, 5) is 11.8. The number of nitrogens with two attached hydrogens (primary N) is 1. The number of carbonyl (C=O) groups is 1. The molecule has 19 heavy (non-hydrogen) atoms. The first-order valence-electron chi connectivity index (χ1n) is 6.27. The van der Waals surface area contributed by atoms with Crippen molar-refractivity contribution < 1.29 is 4.79 Å². The van der Waals surface area contributed by atoms with E-state index < -0.39 is 6.04 Å². The van der Waals surface area contributed by atoms with Crippen molar-refractivity contribution in [1.29, 1.82) is 0 Å². The van der Waals surface area contributed by atoms with E-state index in [2.05, 4.69) is 29.4 Å². The molecule has 0 fully saturated rings. The normalized spacial score (nSPS) is 12.4. The van der Waals surface area contributed by atoms with Crippen LogP contribution in [0.3, 0.4) is 0 Å². The minimum Gasteiger partial charge on any atom is -0.320 e. The third kappa shape index (κ3) is 6.84. The van der Waals surface area contributed by atoms with Gasteiger partial charge in [-0.25, -0.2) is 0 Å². The van der Waals surface area contributed by atoms with Crippen LogP contribution in [0.15, 0.2) is 0 Å². The SMILES string of the molecule is CC(C)Cc1nnc(NC(=O)[C@@H](N)CC(C)C)s1.Cl. The number of nitrogens with one attached hydrogen (secondary N) is 1. The molecule has 0 bridgehead atoms. The maximum Gasteiger partial charge on any atom is 0.243 e. The van der Waals surface area contributed by atoms with Crippen LogP contribution in [0.25, 0.3) is 0 Å². The molecule has 0 aliphatic rings. The summed E-state index contributed by atoms with van der Waals surface area (Å²) in [6.07, 6.45) is 1.55. The van der Waals surface area contributed by atoms with Crippen LogP contribution >= 0.6 is 23.7 Å². The molecule has 0 spiro atoms. The smallest absolute Gasteiger partial charge is 0.243 e. The number of rotatable bonds is 6. The van der Waals surface area contributed by atoms with Crippen molar-refractivity contribution in [3.8, 4) is 0 Å². The average molecular weight is 307 g/mol. The van der Waals surface area contributed by atoms with E-state index >= 15 is 0 Å². The molecule has 0 saturated carbocycles. The molecule has 5 nitrogen and oxygen atoms in total. The van der Waals surface area contributed by atoms with E-state index in [1.807, 2.05) is 13.8 Å². The minimum absolute atomic E-state index is 0. The number of halogens is 1. The Labute approximate surface area is 124 Å². The molecule has 1 amide bonds. The number of amides is 1. The van der Waals surface area contributed by atoms with Crippen LogP contribution in [0.5, 0.6) is 0 Å². The number of hydrogen-bond donors (Lipinski definition) is 2. The maximum absolute atomic E-state index is 11.8. The Morgan fingerprint density at radius 2 is 1.89 bits per heavy atom. The van der Waals surface area contributed by atoms with Gasteiger partial charge in [-0.05, 0) is 18.3 Å². The summed E-state index contributed by atoms with van der Waals surface area (Å²) in [7, 11) is 0. The largest absolute Gasteiger partial charge is 0.320 e. The number of aromatic nitrogens is 2. The number of hydrogen-bond acceptors (Lipinski definition) is 5. The quantitative estimate of drug-likeness (QED) is 0.846. The standard InChI is InChI=1S/C12H22N4OS.ClH/c1-7(2)5-9(13)11(17)14-12-16-15-10(18-12)6-8(3)4;/h7-9H,5-6,13H2,1-4H3,(H,14,16,17);1H/t9-;/m0./s1. The van der Waals surface area contributed by atoms with Gasteiger partial charge in [0.1, 0.15) is 5.01 Å². The van der Waals surface area contributed by atoms with Crippen LogP contribution in [0.2, 0.25) is 0 Å². The van der Waals surface area contributed by atoms with Gasteiger partial charge >= 0.3 is 0 Å². The monoisotopic (exact) mass is 306 g/mol. The van der Waals surface area contributed by atoms with Gasteiger partial charge in [0.15, 0.2) is 0 Å². The Balaban J connectivity index is 0.00000324. The Bertz CT molecular complexity index is 395. The van der Waals surface area contributed by atoms with Gasteiger partial charge in [-0.1, -0.05) is 39.0 Å². The Morgan fingerprint density at radius 3 is 2.42 bits per heavy atom. The lowest BCUT2D eigenvalue weighted by atomic mass is 10.0. The first kappa shape index (κ1) is 18.3. The van der Waals surface area contributed by atoms with Gasteiger partial charge in [-0.3, -0.25) is 10.1 Å². The molecule has 7 heteroatoms. The van der Waals surface area contributed by atoms with Crippen molar-refractivity contribution >= 4 is 34.8 Å². The molecular formula is C12H23ClN4OS. The number of nitrogens with zero attached hydrogens (tertiary/aromatic N) is 2. The van der Waals surface area contributed by atoms with Gasteiger partial charge in [-0.15, -0.1) is 22.6 Å². The second kappa shape index (κ2) is 8.45. The number of carbonyl (C=O) groups excluding carboxylic acids is 1. The van der Waals surface area contributed by atoms with Gasteiger partial charge in [0, 0.05) is 6.42 Å². The molecule has 110 valence electrons. The topological polar surface area (TPSA) is 80.9 Å². The fourth-order valence-electron chi connectivity index (χ4n) is 1.55. The van der Waals surface area contributed by atoms with Crippen LogP contribution < -0.4 is 11.1 Å². The van der Waals surface area contributed by atoms with Gasteiger partial charge in [0.2, 0.25) is 11.0 Å². The molecule has 1 aromatic heterocycles. The zero-order valence-corrected chi connectivity index (χ0v) is 13.5. The molecule has 0 radical (unpaired) electrons. The maximum atomic E-state index is 11.8. The lowest BCUT2D eigenvalue weighted by Crippen LogP contribution is -2.36. The van der Waals surface area contributed by atoms with Crippen LogP contribution in [0.1, 0.15) is 39.1 Å². The highest BCUT2D eigenvalue weighted by Gasteiger charge is 2.17. The lowest BCUT2D eigenvalue weighted by molar-refractivity contribution is -0.117. The van der Waals surface area contributed by atoms with Gasteiger partial charge in [0.25, 0.3) is 0 Å². The van der Waals surface area contributed by atoms with E-state index in [1.54, 1.807) is 0 Å². The molecule has 0 aromatic carbocycles. The predicted octanol–water partition coefficient (Wildman–Crippen LogP) is 2.47. The summed E-state index contributed by atoms with van der Waals surface area (Å²) in [5.74, 6) is 0.748. The lowest BCUT2D eigenvalue weighted by Gasteiger charge is -2.12. The highest BCUT2D eigenvalue weighted by atomic mass is 35.5. The summed E-state index contributed by atoms with van der Waals surface area (Å²) in [5, 5.41) is 12.2. The summed E-state index contributed by atoms with van der Waals surface area (Å²) >= 11 is 1.42. The predicted molar refractivity (Wildman–Crippen MR) is 81.8 cm³/mol. The Morgan fingerprint density at radius 1 is 1.26 bits per heavy atom. The summed E-state index contributed by atoms with van der Waals surface area (Å²) in [5.41, 5.74) is 5.80. The van der Waals surface area contributed by atoms with Crippen molar-refractivity contribution in [1.82, 2.24) is 10.2 Å². The van der Waals surface area contributed by atoms with Crippen LogP contribution in [0, 0.1) is 11.8 Å². The molecule has 1 atom stereocenters. The second-order valence-electron chi connectivity index (χ2n) is 5.32. The molecule has 3 N–H and O–H groups in total. The molecule has 0 saturated heterocycles.